The zero-order valence-electron chi connectivity index (χ0n) is 20.0. The maximum atomic E-state index is 13.6. The Bertz CT molecular complexity index is 1250. The number of primary amides is 1. The Kier molecular flexibility index (Phi) is 6.27. The maximum absolute atomic E-state index is 13.6. The Morgan fingerprint density at radius 3 is 2.28 bits per heavy atom. The fourth-order valence-corrected chi connectivity index (χ4v) is 4.33. The number of nitrogens with one attached hydrogen (secondary N) is 1. The normalized spacial score (nSPS) is 16.9. The third-order valence-corrected chi connectivity index (χ3v) is 6.78. The molecule has 1 saturated carbocycles. The molecule has 2 heterocycles. The van der Waals surface area contributed by atoms with Gasteiger partial charge in [-0.05, 0) is 68.4 Å². The van der Waals surface area contributed by atoms with Gasteiger partial charge < -0.3 is 20.9 Å². The molecule has 1 aromatic heterocycles. The lowest BCUT2D eigenvalue weighted by atomic mass is 10.0. The van der Waals surface area contributed by atoms with Crippen molar-refractivity contribution in [1.29, 1.82) is 0 Å². The van der Waals surface area contributed by atoms with Crippen molar-refractivity contribution in [2.24, 2.45) is 11.1 Å². The number of likely N-dealkylation sites (N-methyl/N-ethyl adjacent to an activating group) is 1. The van der Waals surface area contributed by atoms with Crippen LogP contribution in [0.1, 0.15) is 12.8 Å². The van der Waals surface area contributed by atoms with Crippen molar-refractivity contribution in [2.75, 3.05) is 48.3 Å². The number of rotatable bonds is 7. The van der Waals surface area contributed by atoms with Gasteiger partial charge in [0.1, 0.15) is 17.1 Å². The number of anilines is 5. The van der Waals surface area contributed by atoms with Gasteiger partial charge in [0.2, 0.25) is 17.8 Å². The van der Waals surface area contributed by atoms with Crippen molar-refractivity contribution >= 4 is 40.6 Å². The molecule has 2 aliphatic rings. The quantitative estimate of drug-likeness (QED) is 0.491. The van der Waals surface area contributed by atoms with E-state index in [1.807, 2.05) is 12.1 Å². The SMILES string of the molecule is CN1CCN(c2ccc(Nc3nccc(N(C(=O)C4(C(N)=O)CC4)c4ccc(F)cc4)n3)cc2)CC1. The van der Waals surface area contributed by atoms with Gasteiger partial charge in [0.15, 0.2) is 0 Å². The molecule has 10 heteroatoms. The zero-order chi connectivity index (χ0) is 25.3. The van der Waals surface area contributed by atoms with Crippen LogP contribution in [0.15, 0.2) is 60.8 Å². The third-order valence-electron chi connectivity index (χ3n) is 6.78. The summed E-state index contributed by atoms with van der Waals surface area (Å²) >= 11 is 0. The van der Waals surface area contributed by atoms with E-state index in [9.17, 15) is 14.0 Å². The van der Waals surface area contributed by atoms with Crippen LogP contribution in [0, 0.1) is 11.2 Å². The lowest BCUT2D eigenvalue weighted by molar-refractivity contribution is -0.133. The van der Waals surface area contributed by atoms with E-state index in [0.717, 1.165) is 37.6 Å². The third kappa shape index (κ3) is 4.72. The predicted octanol–water partition coefficient (Wildman–Crippen LogP) is 3.04. The second-order valence-corrected chi connectivity index (χ2v) is 9.26. The molecule has 36 heavy (non-hydrogen) atoms. The molecule has 1 aliphatic heterocycles. The van der Waals surface area contributed by atoms with E-state index in [1.54, 1.807) is 6.07 Å². The number of hydrogen-bond donors (Lipinski definition) is 2. The number of benzene rings is 2. The van der Waals surface area contributed by atoms with Gasteiger partial charge in [-0.15, -0.1) is 0 Å². The lowest BCUT2D eigenvalue weighted by Crippen LogP contribution is -2.44. The second kappa shape index (κ2) is 9.54. The molecule has 1 saturated heterocycles. The number of aromatic nitrogens is 2. The number of carbonyl (C=O) groups excluding carboxylic acids is 2. The summed E-state index contributed by atoms with van der Waals surface area (Å²) in [6, 6.07) is 15.0. The first kappa shape index (κ1) is 23.7. The Balaban J connectivity index is 1.39. The zero-order valence-corrected chi connectivity index (χ0v) is 20.0. The summed E-state index contributed by atoms with van der Waals surface area (Å²) in [6.07, 6.45) is 2.26. The molecule has 5 rings (SSSR count). The van der Waals surface area contributed by atoms with Gasteiger partial charge in [-0.25, -0.2) is 9.37 Å². The summed E-state index contributed by atoms with van der Waals surface area (Å²) in [7, 11) is 2.13. The van der Waals surface area contributed by atoms with Crippen LogP contribution in [0.3, 0.4) is 0 Å². The molecule has 3 aromatic rings. The molecule has 0 radical (unpaired) electrons. The number of carbonyl (C=O) groups is 2. The van der Waals surface area contributed by atoms with Crippen molar-refractivity contribution in [2.45, 2.75) is 12.8 Å². The standard InChI is InChI=1S/C26H28FN7O2/c1-32-14-16-33(17-15-32)20-8-4-19(5-9-20)30-25-29-13-10-22(31-25)34(21-6-2-18(27)3-7-21)24(36)26(11-12-26)23(28)35/h2-10,13H,11-12,14-17H2,1H3,(H2,28,35)(H,29,30,31). The van der Waals surface area contributed by atoms with Gasteiger partial charge in [0.25, 0.3) is 0 Å². The number of hydrogen-bond acceptors (Lipinski definition) is 7. The summed E-state index contributed by atoms with van der Waals surface area (Å²) in [5.41, 5.74) is 6.61. The van der Waals surface area contributed by atoms with Crippen molar-refractivity contribution in [3.05, 3.63) is 66.6 Å². The molecule has 1 aliphatic carbocycles. The van der Waals surface area contributed by atoms with Crippen LogP contribution in [0.2, 0.25) is 0 Å². The molecule has 2 aromatic carbocycles. The average Bonchev–Trinajstić information content (AvgIpc) is 3.69. The van der Waals surface area contributed by atoms with E-state index < -0.39 is 23.0 Å². The van der Waals surface area contributed by atoms with E-state index in [2.05, 4.69) is 44.3 Å². The molecule has 2 amide bonds. The van der Waals surface area contributed by atoms with Crippen molar-refractivity contribution in [1.82, 2.24) is 14.9 Å². The summed E-state index contributed by atoms with van der Waals surface area (Å²) in [5, 5.41) is 3.17. The highest BCUT2D eigenvalue weighted by Crippen LogP contribution is 2.48. The molecule has 9 nitrogen and oxygen atoms in total. The first-order chi connectivity index (χ1) is 17.4. The van der Waals surface area contributed by atoms with Crippen LogP contribution in [-0.4, -0.2) is 59.9 Å². The van der Waals surface area contributed by atoms with Gasteiger partial charge in [0, 0.05) is 49.8 Å². The van der Waals surface area contributed by atoms with E-state index in [4.69, 9.17) is 5.73 Å². The Hall–Kier alpha value is -4.05. The minimum absolute atomic E-state index is 0.255. The topological polar surface area (TPSA) is 108 Å². The van der Waals surface area contributed by atoms with Crippen molar-refractivity contribution < 1.29 is 14.0 Å². The Morgan fingerprint density at radius 2 is 1.67 bits per heavy atom. The molecule has 186 valence electrons. The molecular formula is C26H28FN7O2. The van der Waals surface area contributed by atoms with Crippen LogP contribution in [0.25, 0.3) is 0 Å². The Labute approximate surface area is 208 Å². The predicted molar refractivity (Wildman–Crippen MR) is 136 cm³/mol. The number of piperazine rings is 1. The van der Waals surface area contributed by atoms with Gasteiger partial charge in [-0.3, -0.25) is 14.5 Å². The van der Waals surface area contributed by atoms with Crippen LogP contribution >= 0.6 is 0 Å². The van der Waals surface area contributed by atoms with E-state index in [1.165, 1.54) is 35.4 Å². The number of amides is 2. The second-order valence-electron chi connectivity index (χ2n) is 9.26. The molecular weight excluding hydrogens is 461 g/mol. The van der Waals surface area contributed by atoms with Gasteiger partial charge in [-0.1, -0.05) is 0 Å². The van der Waals surface area contributed by atoms with Crippen LogP contribution < -0.4 is 20.9 Å². The molecule has 0 atom stereocenters. The summed E-state index contributed by atoms with van der Waals surface area (Å²) in [6.45, 7) is 4.02. The monoisotopic (exact) mass is 489 g/mol. The summed E-state index contributed by atoms with van der Waals surface area (Å²) in [5.74, 6) is -1.06. The smallest absolute Gasteiger partial charge is 0.248 e. The molecule has 0 unspecified atom stereocenters. The van der Waals surface area contributed by atoms with E-state index >= 15 is 0 Å². The molecule has 3 N–H and O–H groups in total. The molecule has 0 bridgehead atoms. The summed E-state index contributed by atoms with van der Waals surface area (Å²) < 4.78 is 13.6. The number of nitrogens with two attached hydrogens (primary N) is 1. The number of halogens is 1. The largest absolute Gasteiger partial charge is 0.369 e. The summed E-state index contributed by atoms with van der Waals surface area (Å²) in [4.78, 5) is 40.3. The Morgan fingerprint density at radius 1 is 1.00 bits per heavy atom. The van der Waals surface area contributed by atoms with Crippen LogP contribution in [-0.2, 0) is 9.59 Å². The number of nitrogens with zero attached hydrogens (tertiary/aromatic N) is 5. The van der Waals surface area contributed by atoms with Crippen LogP contribution in [0.4, 0.5) is 33.2 Å². The van der Waals surface area contributed by atoms with Gasteiger partial charge in [-0.2, -0.15) is 4.98 Å². The van der Waals surface area contributed by atoms with Crippen molar-refractivity contribution in [3.63, 3.8) is 0 Å². The fraction of sp³-hybridized carbons (Fsp3) is 0.308. The molecule has 2 fully saturated rings. The van der Waals surface area contributed by atoms with Crippen LogP contribution in [0.5, 0.6) is 0 Å². The molecule has 0 spiro atoms. The van der Waals surface area contributed by atoms with Gasteiger partial charge in [0.05, 0.1) is 5.69 Å². The van der Waals surface area contributed by atoms with E-state index in [-0.39, 0.29) is 11.8 Å². The van der Waals surface area contributed by atoms with Gasteiger partial charge >= 0.3 is 0 Å². The minimum Gasteiger partial charge on any atom is -0.369 e. The first-order valence-electron chi connectivity index (χ1n) is 11.9. The minimum atomic E-state index is -1.27. The fourth-order valence-electron chi connectivity index (χ4n) is 4.33. The average molecular weight is 490 g/mol. The van der Waals surface area contributed by atoms with Crippen molar-refractivity contribution in [3.8, 4) is 0 Å². The highest BCUT2D eigenvalue weighted by atomic mass is 19.1. The lowest BCUT2D eigenvalue weighted by Gasteiger charge is -2.34. The highest BCUT2D eigenvalue weighted by molar-refractivity contribution is 6.16. The highest BCUT2D eigenvalue weighted by Gasteiger charge is 2.57. The van der Waals surface area contributed by atoms with E-state index in [0.29, 0.717) is 18.5 Å². The maximum Gasteiger partial charge on any atom is 0.248 e. The first-order valence-corrected chi connectivity index (χ1v) is 11.9.